The van der Waals surface area contributed by atoms with E-state index in [-0.39, 0.29) is 40.0 Å². The molecule has 0 saturated carbocycles. The van der Waals surface area contributed by atoms with Gasteiger partial charge in [0.25, 0.3) is 0 Å². The van der Waals surface area contributed by atoms with Crippen LogP contribution in [0.2, 0.25) is 5.02 Å². The maximum absolute atomic E-state index is 14.2. The van der Waals surface area contributed by atoms with Gasteiger partial charge in [0.2, 0.25) is 5.96 Å². The zero-order valence-corrected chi connectivity index (χ0v) is 14.8. The van der Waals surface area contributed by atoms with E-state index in [0.29, 0.717) is 6.07 Å². The normalized spacial score (nSPS) is 15.4. The van der Waals surface area contributed by atoms with E-state index in [4.69, 9.17) is 28.3 Å². The molecule has 6 N–H and O–H groups in total. The largest absolute Gasteiger partial charge is 0.417 e. The second-order valence-corrected chi connectivity index (χ2v) is 6.14. The molecule has 0 aliphatic carbocycles. The van der Waals surface area contributed by atoms with Crippen molar-refractivity contribution in [1.82, 2.24) is 10.3 Å². The van der Waals surface area contributed by atoms with Gasteiger partial charge in [-0.05, 0) is 17.7 Å². The van der Waals surface area contributed by atoms with Crippen LogP contribution < -0.4 is 22.1 Å². The van der Waals surface area contributed by atoms with Crippen LogP contribution in [0.5, 0.6) is 0 Å². The molecule has 29 heavy (non-hydrogen) atoms. The van der Waals surface area contributed by atoms with E-state index < -0.39 is 28.6 Å². The first kappa shape index (κ1) is 20.0. The smallest absolute Gasteiger partial charge is 0.397 e. The summed E-state index contributed by atoms with van der Waals surface area (Å²) >= 11 is 5.47. The number of nitrogens with one attached hydrogen (secondary N) is 2. The number of guanidine groups is 1. The lowest BCUT2D eigenvalue weighted by atomic mass is 9.94. The van der Waals surface area contributed by atoms with Gasteiger partial charge in [0, 0.05) is 5.56 Å². The minimum Gasteiger partial charge on any atom is -0.397 e. The molecule has 0 saturated heterocycles. The van der Waals surface area contributed by atoms with E-state index in [0.717, 1.165) is 6.07 Å². The third-order valence-electron chi connectivity index (χ3n) is 4.03. The van der Waals surface area contributed by atoms with Gasteiger partial charge in [-0.1, -0.05) is 11.6 Å². The summed E-state index contributed by atoms with van der Waals surface area (Å²) in [5, 5.41) is 21.7. The molecule has 3 rings (SSSR count). The van der Waals surface area contributed by atoms with E-state index in [9.17, 15) is 22.8 Å². The number of halogens is 5. The second-order valence-electron chi connectivity index (χ2n) is 5.76. The quantitative estimate of drug-likeness (QED) is 0.312. The SMILES string of the molecule is N#CNC1=NC(c2cc(F)c(Cl)c(C(F)(F)F)c2)c2c(nc(N)c(C#N)c2N)N1. The summed E-state index contributed by atoms with van der Waals surface area (Å²) in [6.07, 6.45) is -3.35. The van der Waals surface area contributed by atoms with Crippen LogP contribution in [0.25, 0.3) is 0 Å². The summed E-state index contributed by atoms with van der Waals surface area (Å²) in [5.41, 5.74) is 9.54. The second kappa shape index (κ2) is 7.00. The Hall–Kier alpha value is -3.77. The van der Waals surface area contributed by atoms with E-state index in [1.807, 2.05) is 0 Å². The van der Waals surface area contributed by atoms with Crippen LogP contribution in [0.4, 0.5) is 34.9 Å². The number of benzene rings is 1. The fourth-order valence-corrected chi connectivity index (χ4v) is 3.01. The number of rotatable bonds is 1. The number of aromatic nitrogens is 1. The molecule has 1 aliphatic heterocycles. The first-order chi connectivity index (χ1) is 13.6. The summed E-state index contributed by atoms with van der Waals surface area (Å²) in [6.45, 7) is 0. The van der Waals surface area contributed by atoms with Crippen LogP contribution in [-0.2, 0) is 6.18 Å². The Balaban J connectivity index is 2.32. The van der Waals surface area contributed by atoms with Crippen molar-refractivity contribution in [2.24, 2.45) is 4.99 Å². The number of nitriles is 2. The highest BCUT2D eigenvalue weighted by Crippen LogP contribution is 2.43. The molecule has 1 aliphatic rings. The highest BCUT2D eigenvalue weighted by molar-refractivity contribution is 6.31. The molecule has 0 spiro atoms. The average Bonchev–Trinajstić information content (AvgIpc) is 2.62. The van der Waals surface area contributed by atoms with Gasteiger partial charge in [-0.25, -0.2) is 14.4 Å². The number of alkyl halides is 3. The lowest BCUT2D eigenvalue weighted by Gasteiger charge is -2.26. The number of nitrogens with zero attached hydrogens (tertiary/aromatic N) is 4. The Labute approximate surface area is 165 Å². The van der Waals surface area contributed by atoms with Crippen LogP contribution in [0.15, 0.2) is 17.1 Å². The third-order valence-corrected chi connectivity index (χ3v) is 4.41. The highest BCUT2D eigenvalue weighted by Gasteiger charge is 2.37. The summed E-state index contributed by atoms with van der Waals surface area (Å²) in [5.74, 6) is -1.82. The maximum atomic E-state index is 14.2. The summed E-state index contributed by atoms with van der Waals surface area (Å²) < 4.78 is 54.0. The number of nitrogens with two attached hydrogens (primary N) is 2. The fraction of sp³-hybridized carbons (Fsp3) is 0.125. The van der Waals surface area contributed by atoms with Crippen molar-refractivity contribution in [2.75, 3.05) is 16.8 Å². The van der Waals surface area contributed by atoms with Crippen molar-refractivity contribution in [1.29, 1.82) is 10.5 Å². The number of anilines is 3. The van der Waals surface area contributed by atoms with Gasteiger partial charge >= 0.3 is 6.18 Å². The molecule has 148 valence electrons. The Kier molecular flexibility index (Phi) is 4.82. The van der Waals surface area contributed by atoms with Crippen molar-refractivity contribution >= 4 is 34.9 Å². The predicted octanol–water partition coefficient (Wildman–Crippen LogP) is 2.87. The molecule has 0 fully saturated rings. The Morgan fingerprint density at radius 3 is 2.52 bits per heavy atom. The third kappa shape index (κ3) is 3.41. The van der Waals surface area contributed by atoms with Gasteiger partial charge in [-0.15, -0.1) is 0 Å². The fourth-order valence-electron chi connectivity index (χ4n) is 2.80. The lowest BCUT2D eigenvalue weighted by Crippen LogP contribution is -2.33. The molecular weight excluding hydrogens is 416 g/mol. The summed E-state index contributed by atoms with van der Waals surface area (Å²) in [7, 11) is 0. The zero-order valence-electron chi connectivity index (χ0n) is 14.1. The monoisotopic (exact) mass is 424 g/mol. The number of pyridine rings is 1. The molecule has 13 heteroatoms. The molecule has 2 heterocycles. The lowest BCUT2D eigenvalue weighted by molar-refractivity contribution is -0.137. The van der Waals surface area contributed by atoms with Crippen LogP contribution in [0.3, 0.4) is 0 Å². The number of aliphatic imine (C=N–C) groups is 1. The first-order valence-electron chi connectivity index (χ1n) is 7.63. The van der Waals surface area contributed by atoms with Crippen molar-refractivity contribution in [3.05, 3.63) is 45.2 Å². The highest BCUT2D eigenvalue weighted by atomic mass is 35.5. The molecule has 0 radical (unpaired) electrons. The molecular formula is C16H9ClF4N8. The van der Waals surface area contributed by atoms with Crippen LogP contribution >= 0.6 is 11.6 Å². The molecule has 1 unspecified atom stereocenters. The summed E-state index contributed by atoms with van der Waals surface area (Å²) in [6, 6.07) is 1.78. The van der Waals surface area contributed by atoms with Crippen LogP contribution in [0.1, 0.15) is 28.3 Å². The van der Waals surface area contributed by atoms with Crippen molar-refractivity contribution in [2.45, 2.75) is 12.2 Å². The van der Waals surface area contributed by atoms with E-state index >= 15 is 0 Å². The van der Waals surface area contributed by atoms with Gasteiger partial charge in [-0.3, -0.25) is 5.32 Å². The van der Waals surface area contributed by atoms with Crippen molar-refractivity contribution in [3.8, 4) is 12.3 Å². The van der Waals surface area contributed by atoms with Gasteiger partial charge in [0.05, 0.1) is 16.3 Å². The topological polar surface area (TPSA) is 149 Å². The molecule has 0 bridgehead atoms. The Morgan fingerprint density at radius 1 is 1.24 bits per heavy atom. The Morgan fingerprint density at radius 2 is 1.93 bits per heavy atom. The molecule has 1 aromatic heterocycles. The number of fused-ring (bicyclic) bond motifs is 1. The van der Waals surface area contributed by atoms with Crippen molar-refractivity contribution in [3.63, 3.8) is 0 Å². The average molecular weight is 425 g/mol. The van der Waals surface area contributed by atoms with Crippen molar-refractivity contribution < 1.29 is 17.6 Å². The molecule has 2 aromatic rings. The van der Waals surface area contributed by atoms with E-state index in [1.165, 1.54) is 0 Å². The molecule has 1 aromatic carbocycles. The summed E-state index contributed by atoms with van der Waals surface area (Å²) in [4.78, 5) is 8.02. The molecule has 1 atom stereocenters. The number of hydrogen-bond donors (Lipinski definition) is 4. The van der Waals surface area contributed by atoms with Gasteiger partial charge in [-0.2, -0.15) is 23.7 Å². The Bertz CT molecular complexity index is 1130. The standard InChI is InChI=1S/C16H9ClF4N8/c17-10-7(16(19,20)21)1-5(2-8(10)18)12-9-11(24)6(3-22)13(25)28-14(9)29-15(27-12)26-4-23/h1-2,12H,(H6,24,25,26,27,28,29). The first-order valence-corrected chi connectivity index (χ1v) is 8.01. The number of nitrogen functional groups attached to an aromatic ring is 2. The van der Waals surface area contributed by atoms with Crippen LogP contribution in [-0.4, -0.2) is 10.9 Å². The van der Waals surface area contributed by atoms with Gasteiger partial charge < -0.3 is 16.8 Å². The zero-order chi connectivity index (χ0) is 21.5. The minimum atomic E-state index is -4.94. The van der Waals surface area contributed by atoms with Gasteiger partial charge in [0.1, 0.15) is 35.1 Å². The minimum absolute atomic E-state index is 0.00548. The van der Waals surface area contributed by atoms with Gasteiger partial charge in [0.15, 0.2) is 6.19 Å². The maximum Gasteiger partial charge on any atom is 0.417 e. The van der Waals surface area contributed by atoms with E-state index in [1.54, 1.807) is 12.3 Å². The molecule has 0 amide bonds. The number of hydrogen-bond acceptors (Lipinski definition) is 8. The van der Waals surface area contributed by atoms with Crippen LogP contribution in [0, 0.1) is 28.6 Å². The predicted molar refractivity (Wildman–Crippen MR) is 95.8 cm³/mol. The van der Waals surface area contributed by atoms with E-state index in [2.05, 4.69) is 20.6 Å². The molecule has 8 nitrogen and oxygen atoms in total.